The summed E-state index contributed by atoms with van der Waals surface area (Å²) < 4.78 is 96.3. The maximum atomic E-state index is 12.5. The van der Waals surface area contributed by atoms with Crippen LogP contribution in [-0.4, -0.2) is 13.5 Å². The third kappa shape index (κ3) is 3.44. The number of halogens is 7. The fraction of sp³-hybridized carbons (Fsp3) is 0.250. The average Bonchev–Trinajstić information content (AvgIpc) is 2.11. The molecule has 0 aliphatic heterocycles. The summed E-state index contributed by atoms with van der Waals surface area (Å²) in [5, 5.41) is 9.05. The zero-order valence-electron chi connectivity index (χ0n) is 8.47. The smallest absolute Gasteiger partial charge is 0.417 e. The van der Waals surface area contributed by atoms with Gasteiger partial charge in [0.05, 0.1) is 11.1 Å². The van der Waals surface area contributed by atoms with Gasteiger partial charge in [0, 0.05) is 10.7 Å². The van der Waals surface area contributed by atoms with E-state index in [0.717, 1.165) is 0 Å². The molecule has 0 heterocycles. The summed E-state index contributed by atoms with van der Waals surface area (Å²) in [5.74, 6) is -1.52. The molecule has 0 aliphatic carbocycles. The van der Waals surface area contributed by atoms with Crippen molar-refractivity contribution in [3.63, 3.8) is 0 Å². The van der Waals surface area contributed by atoms with Crippen molar-refractivity contribution in [1.82, 2.24) is 0 Å². The Bertz CT molecular complexity index is 604. The minimum atomic E-state index is -5.46. The van der Waals surface area contributed by atoms with Crippen molar-refractivity contribution < 1.29 is 39.9 Å². The van der Waals surface area contributed by atoms with E-state index < -0.39 is 43.2 Å². The second kappa shape index (κ2) is 4.44. The maximum Gasteiger partial charge on any atom is 0.417 e. The summed E-state index contributed by atoms with van der Waals surface area (Å²) in [5.41, 5.74) is -4.46. The van der Waals surface area contributed by atoms with Gasteiger partial charge in [0.15, 0.2) is 0 Å². The van der Waals surface area contributed by atoms with Gasteiger partial charge >= 0.3 is 12.4 Å². The molecule has 0 aliphatic rings. The van der Waals surface area contributed by atoms with Crippen molar-refractivity contribution >= 4 is 19.7 Å². The molecule has 19 heavy (non-hydrogen) atoms. The minimum Gasteiger partial charge on any atom is -0.507 e. The van der Waals surface area contributed by atoms with Gasteiger partial charge in [0.2, 0.25) is 0 Å². The molecule has 1 N–H and O–H groups in total. The maximum absolute atomic E-state index is 12.5. The summed E-state index contributed by atoms with van der Waals surface area (Å²) in [7, 11) is -0.108. The molecule has 0 amide bonds. The lowest BCUT2D eigenvalue weighted by Gasteiger charge is -2.16. The van der Waals surface area contributed by atoms with Crippen LogP contribution in [0.4, 0.5) is 26.3 Å². The van der Waals surface area contributed by atoms with E-state index in [1.54, 1.807) is 0 Å². The Morgan fingerprint density at radius 2 is 1.32 bits per heavy atom. The molecule has 0 atom stereocenters. The molecule has 0 spiro atoms. The number of alkyl halides is 6. The third-order valence-electron chi connectivity index (χ3n) is 1.97. The van der Waals surface area contributed by atoms with Gasteiger partial charge in [-0.15, -0.1) is 0 Å². The van der Waals surface area contributed by atoms with E-state index in [2.05, 4.69) is 0 Å². The molecule has 3 nitrogen and oxygen atoms in total. The average molecular weight is 329 g/mol. The van der Waals surface area contributed by atoms with E-state index in [1.165, 1.54) is 0 Å². The number of aromatic hydroxyl groups is 1. The Hall–Kier alpha value is -1.16. The first kappa shape index (κ1) is 15.9. The molecule has 11 heteroatoms. The van der Waals surface area contributed by atoms with E-state index in [9.17, 15) is 34.8 Å². The minimum absolute atomic E-state index is 0.335. The summed E-state index contributed by atoms with van der Waals surface area (Å²) >= 11 is 0. The van der Waals surface area contributed by atoms with Gasteiger partial charge in [0.25, 0.3) is 9.05 Å². The quantitative estimate of drug-likeness (QED) is 0.635. The second-order valence-electron chi connectivity index (χ2n) is 3.30. The number of hydrogen-bond acceptors (Lipinski definition) is 3. The van der Waals surface area contributed by atoms with Crippen molar-refractivity contribution in [2.24, 2.45) is 0 Å². The van der Waals surface area contributed by atoms with E-state index in [0.29, 0.717) is 0 Å². The molecule has 0 radical (unpaired) electrons. The van der Waals surface area contributed by atoms with Gasteiger partial charge in [-0.3, -0.25) is 0 Å². The molecule has 1 aromatic carbocycles. The predicted octanol–water partition coefficient (Wildman–Crippen LogP) is 3.36. The lowest BCUT2D eigenvalue weighted by molar-refractivity contribution is -0.162. The van der Waals surface area contributed by atoms with Crippen molar-refractivity contribution in [2.75, 3.05) is 0 Å². The molecule has 1 aromatic rings. The van der Waals surface area contributed by atoms with Crippen LogP contribution in [0.3, 0.4) is 0 Å². The van der Waals surface area contributed by atoms with E-state index in [1.807, 2.05) is 0 Å². The number of rotatable bonds is 1. The van der Waals surface area contributed by atoms with Crippen molar-refractivity contribution in [3.05, 3.63) is 23.3 Å². The van der Waals surface area contributed by atoms with Crippen LogP contribution in [0.1, 0.15) is 11.1 Å². The molecule has 0 saturated carbocycles. The summed E-state index contributed by atoms with van der Waals surface area (Å²) in [6.45, 7) is 0. The molecule has 108 valence electrons. The van der Waals surface area contributed by atoms with Gasteiger partial charge in [-0.25, -0.2) is 8.42 Å². The van der Waals surface area contributed by atoms with Crippen LogP contribution in [-0.2, 0) is 21.4 Å². The number of hydrogen-bond donors (Lipinski definition) is 1. The summed E-state index contributed by atoms with van der Waals surface area (Å²) in [6.07, 6.45) is -10.9. The Labute approximate surface area is 106 Å². The number of phenols is 1. The highest BCUT2D eigenvalue weighted by molar-refractivity contribution is 8.13. The van der Waals surface area contributed by atoms with Crippen LogP contribution in [0.15, 0.2) is 17.0 Å². The summed E-state index contributed by atoms with van der Waals surface area (Å²) in [6, 6.07) is -0.696. The SMILES string of the molecule is O=S(=O)(Cl)c1cc(C(F)(F)F)c(C(F)(F)F)cc1O. The standard InChI is InChI=1S/C8H3ClF6O3S/c9-19(17,18)6-2-4(8(13,14)15)3(1-5(6)16)7(10,11)12/h1-2,16H. The zero-order chi connectivity index (χ0) is 15.2. The molecule has 0 unspecified atom stereocenters. The molecule has 0 saturated heterocycles. The predicted molar refractivity (Wildman–Crippen MR) is 51.1 cm³/mol. The van der Waals surface area contributed by atoms with Gasteiger partial charge in [-0.05, 0) is 12.1 Å². The molecular formula is C8H3ClF6O3S. The highest BCUT2D eigenvalue weighted by atomic mass is 35.7. The molecular weight excluding hydrogens is 326 g/mol. The molecule has 0 bridgehead atoms. The normalized spacial score (nSPS) is 13.6. The van der Waals surface area contributed by atoms with Gasteiger partial charge < -0.3 is 5.11 Å². The first-order valence-corrected chi connectivity index (χ1v) is 6.51. The molecule has 0 fully saturated rings. The van der Waals surface area contributed by atoms with E-state index in [-0.39, 0.29) is 12.1 Å². The highest BCUT2D eigenvalue weighted by Crippen LogP contribution is 2.44. The van der Waals surface area contributed by atoms with Gasteiger partial charge in [0.1, 0.15) is 10.6 Å². The van der Waals surface area contributed by atoms with Crippen LogP contribution in [0.5, 0.6) is 5.75 Å². The van der Waals surface area contributed by atoms with Gasteiger partial charge in [-0.1, -0.05) is 0 Å². The largest absolute Gasteiger partial charge is 0.507 e. The first-order valence-electron chi connectivity index (χ1n) is 4.20. The first-order chi connectivity index (χ1) is 8.24. The molecule has 0 aromatic heterocycles. The Morgan fingerprint density at radius 1 is 0.947 bits per heavy atom. The Morgan fingerprint density at radius 3 is 1.63 bits per heavy atom. The molecule has 1 rings (SSSR count). The topological polar surface area (TPSA) is 54.4 Å². The Kier molecular flexibility index (Phi) is 3.72. The van der Waals surface area contributed by atoms with Crippen molar-refractivity contribution in [1.29, 1.82) is 0 Å². The number of benzene rings is 1. The fourth-order valence-corrected chi connectivity index (χ4v) is 2.17. The lowest BCUT2D eigenvalue weighted by atomic mass is 10.1. The van der Waals surface area contributed by atoms with Crippen LogP contribution in [0.2, 0.25) is 0 Å². The van der Waals surface area contributed by atoms with Crippen LogP contribution >= 0.6 is 10.7 Å². The number of phenolic OH excluding ortho intramolecular Hbond substituents is 1. The van der Waals surface area contributed by atoms with E-state index in [4.69, 9.17) is 15.8 Å². The summed E-state index contributed by atoms with van der Waals surface area (Å²) in [4.78, 5) is -1.45. The highest BCUT2D eigenvalue weighted by Gasteiger charge is 2.44. The second-order valence-corrected chi connectivity index (χ2v) is 5.83. The van der Waals surface area contributed by atoms with Gasteiger partial charge in [-0.2, -0.15) is 26.3 Å². The van der Waals surface area contributed by atoms with Crippen molar-refractivity contribution in [2.45, 2.75) is 17.2 Å². The fourth-order valence-electron chi connectivity index (χ4n) is 1.23. The lowest BCUT2D eigenvalue weighted by Crippen LogP contribution is -2.17. The zero-order valence-corrected chi connectivity index (χ0v) is 10.0. The van der Waals surface area contributed by atoms with Crippen molar-refractivity contribution in [3.8, 4) is 5.75 Å². The van der Waals surface area contributed by atoms with Crippen LogP contribution in [0, 0.1) is 0 Å². The van der Waals surface area contributed by atoms with Crippen LogP contribution in [0.25, 0.3) is 0 Å². The Balaban J connectivity index is 3.76. The monoisotopic (exact) mass is 328 g/mol. The van der Waals surface area contributed by atoms with E-state index >= 15 is 0 Å². The third-order valence-corrected chi connectivity index (χ3v) is 3.32. The van der Waals surface area contributed by atoms with Crippen LogP contribution < -0.4 is 0 Å².